The first kappa shape index (κ1) is 16.7. The van der Waals surface area contributed by atoms with Gasteiger partial charge in [0.2, 0.25) is 10.0 Å². The number of benzene rings is 1. The van der Waals surface area contributed by atoms with Crippen LogP contribution in [-0.2, 0) is 14.8 Å². The van der Waals surface area contributed by atoms with E-state index in [4.69, 9.17) is 5.11 Å². The van der Waals surface area contributed by atoms with E-state index in [9.17, 15) is 13.2 Å². The van der Waals surface area contributed by atoms with E-state index < -0.39 is 21.9 Å². The number of carbonyl (C=O) groups is 1. The van der Waals surface area contributed by atoms with Crippen molar-refractivity contribution in [3.63, 3.8) is 0 Å². The molecule has 1 rings (SSSR count). The Morgan fingerprint density at radius 3 is 2.40 bits per heavy atom. The van der Waals surface area contributed by atoms with E-state index in [0.717, 1.165) is 5.56 Å². The fourth-order valence-corrected chi connectivity index (χ4v) is 3.22. The van der Waals surface area contributed by atoms with E-state index >= 15 is 0 Å². The van der Waals surface area contributed by atoms with Crippen molar-refractivity contribution in [3.05, 3.63) is 35.9 Å². The van der Waals surface area contributed by atoms with Crippen molar-refractivity contribution in [1.29, 1.82) is 0 Å². The summed E-state index contributed by atoms with van der Waals surface area (Å²) in [6.07, 6.45) is 0.286. The summed E-state index contributed by atoms with van der Waals surface area (Å²) in [6.45, 7) is 3.56. The molecular formula is C14H21NO4S. The van der Waals surface area contributed by atoms with Gasteiger partial charge in [-0.2, -0.15) is 0 Å². The van der Waals surface area contributed by atoms with Crippen LogP contribution in [0.2, 0.25) is 0 Å². The van der Waals surface area contributed by atoms with E-state index in [1.165, 1.54) is 0 Å². The van der Waals surface area contributed by atoms with Crippen LogP contribution in [0.5, 0.6) is 0 Å². The second kappa shape index (κ2) is 7.40. The molecule has 0 saturated carbocycles. The Labute approximate surface area is 120 Å². The van der Waals surface area contributed by atoms with Gasteiger partial charge in [-0.15, -0.1) is 0 Å². The average molecular weight is 299 g/mol. The summed E-state index contributed by atoms with van der Waals surface area (Å²) < 4.78 is 26.3. The smallest absolute Gasteiger partial charge is 0.306 e. The number of sulfonamides is 1. The zero-order valence-corrected chi connectivity index (χ0v) is 12.6. The summed E-state index contributed by atoms with van der Waals surface area (Å²) in [7, 11) is -3.39. The van der Waals surface area contributed by atoms with Gasteiger partial charge < -0.3 is 5.11 Å². The molecular weight excluding hydrogens is 278 g/mol. The zero-order chi connectivity index (χ0) is 15.2. The summed E-state index contributed by atoms with van der Waals surface area (Å²) in [5.41, 5.74) is 0.969. The van der Waals surface area contributed by atoms with E-state index in [-0.39, 0.29) is 24.6 Å². The molecule has 2 N–H and O–H groups in total. The lowest BCUT2D eigenvalue weighted by atomic mass is 10.0. The van der Waals surface area contributed by atoms with Gasteiger partial charge in [0.25, 0.3) is 0 Å². The molecule has 0 saturated heterocycles. The van der Waals surface area contributed by atoms with Crippen LogP contribution in [0, 0.1) is 5.92 Å². The molecule has 20 heavy (non-hydrogen) atoms. The summed E-state index contributed by atoms with van der Waals surface area (Å²) >= 11 is 0. The molecule has 0 aromatic heterocycles. The molecule has 0 radical (unpaired) electrons. The third-order valence-corrected chi connectivity index (χ3v) is 4.74. The molecule has 5 nitrogen and oxygen atoms in total. The Hall–Kier alpha value is -1.40. The van der Waals surface area contributed by atoms with Gasteiger partial charge in [0, 0.05) is 6.54 Å². The third-order valence-electron chi connectivity index (χ3n) is 3.16. The highest BCUT2D eigenvalue weighted by Crippen LogP contribution is 2.16. The third kappa shape index (κ3) is 5.71. The van der Waals surface area contributed by atoms with Crippen LogP contribution in [0.4, 0.5) is 0 Å². The molecule has 0 aliphatic heterocycles. The van der Waals surface area contributed by atoms with E-state index in [0.29, 0.717) is 0 Å². The normalized spacial score (nSPS) is 14.7. The van der Waals surface area contributed by atoms with Crippen LogP contribution < -0.4 is 4.72 Å². The molecule has 0 heterocycles. The number of nitrogens with one attached hydrogen (secondary N) is 1. The van der Waals surface area contributed by atoms with Crippen molar-refractivity contribution in [1.82, 2.24) is 4.72 Å². The predicted molar refractivity (Wildman–Crippen MR) is 78.1 cm³/mol. The highest BCUT2D eigenvalue weighted by molar-refractivity contribution is 7.89. The Morgan fingerprint density at radius 1 is 1.25 bits per heavy atom. The van der Waals surface area contributed by atoms with Gasteiger partial charge in [-0.05, 0) is 17.9 Å². The second-order valence-corrected chi connectivity index (χ2v) is 6.87. The molecule has 1 aromatic rings. The predicted octanol–water partition coefficient (Wildman–Crippen LogP) is 1.82. The molecule has 0 spiro atoms. The van der Waals surface area contributed by atoms with E-state index in [1.54, 1.807) is 6.92 Å². The minimum Gasteiger partial charge on any atom is -0.481 e. The van der Waals surface area contributed by atoms with Crippen molar-refractivity contribution in [2.24, 2.45) is 5.92 Å². The summed E-state index contributed by atoms with van der Waals surface area (Å²) in [5.74, 6) is -1.57. The standard InChI is InChI=1S/C14H21NO4S/c1-11(14(16)17)8-9-15-20(18,19)10-12(2)13-6-4-3-5-7-13/h3-7,11-12,15H,8-10H2,1-2H3,(H,16,17). The van der Waals surface area contributed by atoms with Crippen molar-refractivity contribution in [3.8, 4) is 0 Å². The van der Waals surface area contributed by atoms with Crippen LogP contribution >= 0.6 is 0 Å². The van der Waals surface area contributed by atoms with Crippen LogP contribution in [0.15, 0.2) is 30.3 Å². The first-order valence-corrected chi connectivity index (χ1v) is 8.22. The Kier molecular flexibility index (Phi) is 6.16. The first-order chi connectivity index (χ1) is 9.32. The van der Waals surface area contributed by atoms with Gasteiger partial charge in [0.1, 0.15) is 0 Å². The molecule has 1 aromatic carbocycles. The minimum atomic E-state index is -3.39. The van der Waals surface area contributed by atoms with Crippen molar-refractivity contribution in [2.75, 3.05) is 12.3 Å². The summed E-state index contributed by atoms with van der Waals surface area (Å²) in [5, 5.41) is 8.73. The van der Waals surface area contributed by atoms with E-state index in [2.05, 4.69) is 4.72 Å². The summed E-state index contributed by atoms with van der Waals surface area (Å²) in [6, 6.07) is 9.43. The Balaban J connectivity index is 2.47. The molecule has 0 bridgehead atoms. The lowest BCUT2D eigenvalue weighted by Gasteiger charge is -2.13. The SMILES string of the molecule is CC(CCNS(=O)(=O)CC(C)c1ccccc1)C(=O)O. The van der Waals surface area contributed by atoms with Gasteiger partial charge in [-0.1, -0.05) is 44.2 Å². The van der Waals surface area contributed by atoms with Crippen LogP contribution in [-0.4, -0.2) is 31.8 Å². The van der Waals surface area contributed by atoms with Crippen molar-refractivity contribution < 1.29 is 18.3 Å². The zero-order valence-electron chi connectivity index (χ0n) is 11.7. The van der Waals surface area contributed by atoms with Crippen LogP contribution in [0.3, 0.4) is 0 Å². The fourth-order valence-electron chi connectivity index (χ4n) is 1.82. The first-order valence-electron chi connectivity index (χ1n) is 6.57. The Morgan fingerprint density at radius 2 is 1.85 bits per heavy atom. The largest absolute Gasteiger partial charge is 0.481 e. The van der Waals surface area contributed by atoms with E-state index in [1.807, 2.05) is 37.3 Å². The van der Waals surface area contributed by atoms with Crippen LogP contribution in [0.1, 0.15) is 31.7 Å². The molecule has 2 unspecified atom stereocenters. The lowest BCUT2D eigenvalue weighted by Crippen LogP contribution is -2.31. The van der Waals surface area contributed by atoms with Gasteiger partial charge in [0.15, 0.2) is 0 Å². The van der Waals surface area contributed by atoms with Gasteiger partial charge in [0.05, 0.1) is 11.7 Å². The van der Waals surface area contributed by atoms with Gasteiger partial charge in [-0.3, -0.25) is 4.79 Å². The molecule has 0 fully saturated rings. The van der Waals surface area contributed by atoms with Crippen LogP contribution in [0.25, 0.3) is 0 Å². The van der Waals surface area contributed by atoms with Gasteiger partial charge >= 0.3 is 5.97 Å². The lowest BCUT2D eigenvalue weighted by molar-refractivity contribution is -0.141. The summed E-state index contributed by atoms with van der Waals surface area (Å²) in [4.78, 5) is 10.6. The highest BCUT2D eigenvalue weighted by Gasteiger charge is 2.18. The molecule has 0 amide bonds. The number of aliphatic carboxylic acids is 1. The highest BCUT2D eigenvalue weighted by atomic mass is 32.2. The molecule has 2 atom stereocenters. The van der Waals surface area contributed by atoms with Crippen molar-refractivity contribution >= 4 is 16.0 Å². The van der Waals surface area contributed by atoms with Crippen molar-refractivity contribution in [2.45, 2.75) is 26.2 Å². The Bertz CT molecular complexity index is 527. The monoisotopic (exact) mass is 299 g/mol. The fraction of sp³-hybridized carbons (Fsp3) is 0.500. The maximum Gasteiger partial charge on any atom is 0.306 e. The maximum atomic E-state index is 11.9. The number of hydrogen-bond acceptors (Lipinski definition) is 3. The average Bonchev–Trinajstić information content (AvgIpc) is 2.38. The number of carboxylic acids is 1. The van der Waals surface area contributed by atoms with Gasteiger partial charge in [-0.25, -0.2) is 13.1 Å². The maximum absolute atomic E-state index is 11.9. The molecule has 0 aliphatic carbocycles. The molecule has 112 valence electrons. The molecule has 0 aliphatic rings. The second-order valence-electron chi connectivity index (χ2n) is 5.02. The quantitative estimate of drug-likeness (QED) is 0.767. The minimum absolute atomic E-state index is 0.00152. The topological polar surface area (TPSA) is 83.5 Å². The number of rotatable bonds is 8. The number of hydrogen-bond donors (Lipinski definition) is 2. The molecule has 6 heteroatoms. The number of carboxylic acid groups (broad SMARTS) is 1.